The van der Waals surface area contributed by atoms with Crippen molar-refractivity contribution in [2.75, 3.05) is 0 Å². The quantitative estimate of drug-likeness (QED) is 0.609. The van der Waals surface area contributed by atoms with Crippen LogP contribution in [-0.4, -0.2) is 0 Å². The zero-order chi connectivity index (χ0) is 13.5. The zero-order valence-electron chi connectivity index (χ0n) is 11.9. The molecule has 0 N–H and O–H groups in total. The number of hydrogen-bond acceptors (Lipinski definition) is 0. The molecule has 0 radical (unpaired) electrons. The summed E-state index contributed by atoms with van der Waals surface area (Å²) in [6, 6.07) is 17.7. The Morgan fingerprint density at radius 1 is 0.789 bits per heavy atom. The molecule has 0 aliphatic heterocycles. The molecule has 0 heteroatoms. The summed E-state index contributed by atoms with van der Waals surface area (Å²) >= 11 is 0. The summed E-state index contributed by atoms with van der Waals surface area (Å²) in [5.41, 5.74) is 5.32. The van der Waals surface area contributed by atoms with E-state index >= 15 is 0 Å². The van der Waals surface area contributed by atoms with Crippen LogP contribution in [0.15, 0.2) is 60.7 Å². The Hall–Kier alpha value is -1.82. The highest BCUT2D eigenvalue weighted by molar-refractivity contribution is 5.63. The maximum atomic E-state index is 2.27. The van der Waals surface area contributed by atoms with Gasteiger partial charge in [0.15, 0.2) is 0 Å². The van der Waals surface area contributed by atoms with Gasteiger partial charge in [0, 0.05) is 0 Å². The molecule has 0 bridgehead atoms. The Bertz CT molecular complexity index is 515. The maximum Gasteiger partial charge on any atom is -0.0184 e. The minimum atomic E-state index is 1.13. The van der Waals surface area contributed by atoms with Gasteiger partial charge in [0.05, 0.1) is 0 Å². The van der Waals surface area contributed by atoms with E-state index in [1.54, 1.807) is 0 Å². The molecule has 0 unspecified atom stereocenters. The van der Waals surface area contributed by atoms with Crippen molar-refractivity contribution in [3.63, 3.8) is 0 Å². The van der Waals surface area contributed by atoms with Gasteiger partial charge >= 0.3 is 0 Å². The molecule has 0 nitrogen and oxygen atoms in total. The van der Waals surface area contributed by atoms with Gasteiger partial charge in [-0.05, 0) is 42.9 Å². The Labute approximate surface area is 116 Å². The normalized spacial score (nSPS) is 11.1. The molecule has 0 fully saturated rings. The summed E-state index contributed by atoms with van der Waals surface area (Å²) in [7, 11) is 0. The van der Waals surface area contributed by atoms with Crippen LogP contribution in [0.4, 0.5) is 0 Å². The molecule has 19 heavy (non-hydrogen) atoms. The van der Waals surface area contributed by atoms with Gasteiger partial charge < -0.3 is 0 Å². The summed E-state index contributed by atoms with van der Waals surface area (Å²) in [6.07, 6.45) is 7.91. The van der Waals surface area contributed by atoms with E-state index in [2.05, 4.69) is 74.5 Å². The molecule has 0 heterocycles. The monoisotopic (exact) mass is 250 g/mol. The van der Waals surface area contributed by atoms with Crippen molar-refractivity contribution in [1.29, 1.82) is 0 Å². The highest BCUT2D eigenvalue weighted by Crippen LogP contribution is 2.20. The van der Waals surface area contributed by atoms with E-state index in [-0.39, 0.29) is 0 Å². The zero-order valence-corrected chi connectivity index (χ0v) is 11.9. The third-order valence-electron chi connectivity index (χ3n) is 3.34. The molecule has 0 aromatic heterocycles. The lowest BCUT2D eigenvalue weighted by Crippen LogP contribution is -1.84. The van der Waals surface area contributed by atoms with Crippen LogP contribution in [0.25, 0.3) is 11.1 Å². The first-order valence-electron chi connectivity index (χ1n) is 7.10. The first-order valence-corrected chi connectivity index (χ1v) is 7.10. The van der Waals surface area contributed by atoms with Crippen LogP contribution in [0.2, 0.25) is 0 Å². The van der Waals surface area contributed by atoms with Crippen LogP contribution in [-0.2, 0) is 6.42 Å². The molecule has 0 aliphatic carbocycles. The molecular weight excluding hydrogens is 228 g/mol. The van der Waals surface area contributed by atoms with E-state index in [0.717, 1.165) is 19.3 Å². The van der Waals surface area contributed by atoms with Crippen LogP contribution < -0.4 is 0 Å². The van der Waals surface area contributed by atoms with E-state index in [1.807, 2.05) is 0 Å². The lowest BCUT2D eigenvalue weighted by molar-refractivity contribution is 0.992. The fraction of sp³-hybridized carbons (Fsp3) is 0.263. The summed E-state index contributed by atoms with van der Waals surface area (Å²) in [5, 5.41) is 0. The van der Waals surface area contributed by atoms with E-state index in [4.69, 9.17) is 0 Å². The molecule has 2 aromatic rings. The van der Waals surface area contributed by atoms with Crippen molar-refractivity contribution in [3.05, 3.63) is 71.8 Å². The van der Waals surface area contributed by atoms with Crippen LogP contribution in [0.5, 0.6) is 0 Å². The third-order valence-corrected chi connectivity index (χ3v) is 3.34. The largest absolute Gasteiger partial charge is 0.0888 e. The molecule has 0 amide bonds. The molecule has 0 saturated carbocycles. The summed E-state index contributed by atoms with van der Waals surface area (Å²) in [6.45, 7) is 4.30. The molecule has 0 spiro atoms. The Morgan fingerprint density at radius 3 is 1.95 bits per heavy atom. The molecule has 0 atom stereocenters. The number of aryl methyl sites for hydroxylation is 2. The lowest BCUT2D eigenvalue weighted by Gasteiger charge is -2.04. The van der Waals surface area contributed by atoms with E-state index in [1.165, 1.54) is 22.3 Å². The Kier molecular flexibility index (Phi) is 4.97. The lowest BCUT2D eigenvalue weighted by atomic mass is 10.0. The van der Waals surface area contributed by atoms with Crippen LogP contribution in [0.3, 0.4) is 0 Å². The standard InChI is InChI=1S/C19H22/c1-3-4-5-6-7-17-10-14-19(15-11-17)18-12-8-16(2)9-13-18/h4-5,8-15H,3,6-7H2,1-2H3/b5-4+. The molecule has 98 valence electrons. The maximum absolute atomic E-state index is 2.27. The Morgan fingerprint density at radius 2 is 1.37 bits per heavy atom. The average molecular weight is 250 g/mol. The number of hydrogen-bond donors (Lipinski definition) is 0. The van der Waals surface area contributed by atoms with Gasteiger partial charge in [0.2, 0.25) is 0 Å². The van der Waals surface area contributed by atoms with E-state index in [9.17, 15) is 0 Å². The molecular formula is C19H22. The van der Waals surface area contributed by atoms with Crippen LogP contribution >= 0.6 is 0 Å². The number of benzene rings is 2. The second-order valence-corrected chi connectivity index (χ2v) is 4.98. The van der Waals surface area contributed by atoms with Gasteiger partial charge in [-0.2, -0.15) is 0 Å². The Balaban J connectivity index is 2.02. The summed E-state index contributed by atoms with van der Waals surface area (Å²) in [4.78, 5) is 0. The first-order chi connectivity index (χ1) is 9.29. The van der Waals surface area contributed by atoms with E-state index in [0.29, 0.717) is 0 Å². The number of rotatable bonds is 5. The van der Waals surface area contributed by atoms with Gasteiger partial charge in [-0.1, -0.05) is 73.2 Å². The van der Waals surface area contributed by atoms with Crippen molar-refractivity contribution in [3.8, 4) is 11.1 Å². The van der Waals surface area contributed by atoms with Crippen molar-refractivity contribution in [1.82, 2.24) is 0 Å². The SMILES string of the molecule is CC/C=C/CCc1ccc(-c2ccc(C)cc2)cc1. The van der Waals surface area contributed by atoms with Crippen molar-refractivity contribution < 1.29 is 0 Å². The predicted molar refractivity (Wildman–Crippen MR) is 84.4 cm³/mol. The molecule has 2 aromatic carbocycles. The second kappa shape index (κ2) is 6.94. The highest BCUT2D eigenvalue weighted by atomic mass is 14.0. The van der Waals surface area contributed by atoms with Crippen molar-refractivity contribution in [2.45, 2.75) is 33.1 Å². The van der Waals surface area contributed by atoms with Gasteiger partial charge in [-0.25, -0.2) is 0 Å². The third kappa shape index (κ3) is 4.10. The molecule has 0 aliphatic rings. The van der Waals surface area contributed by atoms with Crippen molar-refractivity contribution in [2.24, 2.45) is 0 Å². The smallest absolute Gasteiger partial charge is 0.0184 e. The topological polar surface area (TPSA) is 0 Å². The average Bonchev–Trinajstić information content (AvgIpc) is 2.45. The van der Waals surface area contributed by atoms with Gasteiger partial charge in [0.1, 0.15) is 0 Å². The summed E-state index contributed by atoms with van der Waals surface area (Å²) in [5.74, 6) is 0. The van der Waals surface area contributed by atoms with Crippen molar-refractivity contribution >= 4 is 0 Å². The predicted octanol–water partition coefficient (Wildman–Crippen LogP) is 5.56. The second-order valence-electron chi connectivity index (χ2n) is 4.98. The van der Waals surface area contributed by atoms with E-state index < -0.39 is 0 Å². The van der Waals surface area contributed by atoms with Gasteiger partial charge in [0.25, 0.3) is 0 Å². The minimum absolute atomic E-state index is 1.13. The molecule has 2 rings (SSSR count). The minimum Gasteiger partial charge on any atom is -0.0888 e. The van der Waals surface area contributed by atoms with Gasteiger partial charge in [-0.15, -0.1) is 0 Å². The van der Waals surface area contributed by atoms with Crippen LogP contribution in [0.1, 0.15) is 30.9 Å². The fourth-order valence-electron chi connectivity index (χ4n) is 2.14. The summed E-state index contributed by atoms with van der Waals surface area (Å²) < 4.78 is 0. The van der Waals surface area contributed by atoms with Gasteiger partial charge in [-0.3, -0.25) is 0 Å². The van der Waals surface area contributed by atoms with Crippen LogP contribution in [0, 0.1) is 6.92 Å². The number of allylic oxidation sites excluding steroid dienone is 2. The fourth-order valence-corrected chi connectivity index (χ4v) is 2.14. The first kappa shape index (κ1) is 13.6. The highest BCUT2D eigenvalue weighted by Gasteiger charge is 1.97. The molecule has 0 saturated heterocycles.